The molecule has 1 aromatic rings. The molecule has 0 aliphatic rings. The summed E-state index contributed by atoms with van der Waals surface area (Å²) < 4.78 is 22.3. The summed E-state index contributed by atoms with van der Waals surface area (Å²) in [5, 5.41) is 7.13. The van der Waals surface area contributed by atoms with Gasteiger partial charge in [-0.2, -0.15) is 0 Å². The van der Waals surface area contributed by atoms with Gasteiger partial charge in [0.1, 0.15) is 9.84 Å². The summed E-state index contributed by atoms with van der Waals surface area (Å²) in [6.07, 6.45) is 2.63. The molecule has 2 N–H and O–H groups in total. The first-order valence-corrected chi connectivity index (χ1v) is 9.63. The molecule has 0 heterocycles. The fourth-order valence-electron chi connectivity index (χ4n) is 1.91. The molecule has 0 saturated carbocycles. The van der Waals surface area contributed by atoms with E-state index in [-0.39, 0.29) is 11.8 Å². The van der Waals surface area contributed by atoms with Crippen LogP contribution in [-0.2, 0) is 16.3 Å². The zero-order valence-corrected chi connectivity index (χ0v) is 14.8. The number of hydrogen-bond donors (Lipinski definition) is 2. The van der Waals surface area contributed by atoms with Crippen LogP contribution in [0.1, 0.15) is 18.9 Å². The van der Waals surface area contributed by atoms with Crippen LogP contribution in [0.15, 0.2) is 29.3 Å². The number of nitrogens with one attached hydrogen (secondary N) is 2. The third-order valence-electron chi connectivity index (χ3n) is 3.12. The highest BCUT2D eigenvalue weighted by Gasteiger charge is 2.09. The third kappa shape index (κ3) is 8.24. The Kier molecular flexibility index (Phi) is 7.68. The van der Waals surface area contributed by atoms with Crippen molar-refractivity contribution in [3.8, 4) is 0 Å². The fourth-order valence-corrected chi connectivity index (χ4v) is 2.90. The van der Waals surface area contributed by atoms with Crippen LogP contribution < -0.4 is 10.6 Å². The topological polar surface area (TPSA) is 70.6 Å². The molecule has 0 fully saturated rings. The van der Waals surface area contributed by atoms with Gasteiger partial charge in [0.2, 0.25) is 0 Å². The van der Waals surface area contributed by atoms with E-state index in [2.05, 4.69) is 15.6 Å². The summed E-state index contributed by atoms with van der Waals surface area (Å²) in [5.74, 6) is 0.837. The molecule has 0 aromatic heterocycles. The van der Waals surface area contributed by atoms with Crippen LogP contribution in [-0.4, -0.2) is 46.0 Å². The fraction of sp³-hybridized carbons (Fsp3) is 0.533. The summed E-state index contributed by atoms with van der Waals surface area (Å²) in [7, 11) is -1.24. The maximum atomic E-state index is 11.2. The number of benzene rings is 1. The lowest BCUT2D eigenvalue weighted by Gasteiger charge is -2.17. The number of guanidine groups is 1. The molecule has 0 spiro atoms. The van der Waals surface area contributed by atoms with Gasteiger partial charge in [0.15, 0.2) is 5.96 Å². The van der Waals surface area contributed by atoms with Crippen molar-refractivity contribution in [2.45, 2.75) is 25.8 Å². The normalized spacial score (nSPS) is 13.7. The van der Waals surface area contributed by atoms with Crippen molar-refractivity contribution in [2.24, 2.45) is 4.99 Å². The third-order valence-corrected chi connectivity index (χ3v) is 4.34. The van der Waals surface area contributed by atoms with E-state index < -0.39 is 9.84 Å². The number of nitrogens with zero attached hydrogens (tertiary/aromatic N) is 1. The Balaban J connectivity index is 2.36. The van der Waals surface area contributed by atoms with Crippen molar-refractivity contribution in [3.63, 3.8) is 0 Å². The molecule has 0 bridgehead atoms. The predicted octanol–water partition coefficient (Wildman–Crippen LogP) is 1.87. The molecule has 0 amide bonds. The largest absolute Gasteiger partial charge is 0.356 e. The van der Waals surface area contributed by atoms with Crippen LogP contribution >= 0.6 is 11.6 Å². The van der Waals surface area contributed by atoms with E-state index in [1.807, 2.05) is 31.2 Å². The van der Waals surface area contributed by atoms with Gasteiger partial charge in [0.05, 0.1) is 5.75 Å². The second-order valence-corrected chi connectivity index (χ2v) is 8.04. The SMILES string of the molecule is CN=C(NCCc1cccc(Cl)c1)NC(C)CCS(C)(=O)=O. The minimum atomic E-state index is -2.93. The molecule has 0 radical (unpaired) electrons. The Hall–Kier alpha value is -1.27. The van der Waals surface area contributed by atoms with Gasteiger partial charge in [-0.15, -0.1) is 0 Å². The highest BCUT2D eigenvalue weighted by molar-refractivity contribution is 7.90. The van der Waals surface area contributed by atoms with Crippen LogP contribution in [0.25, 0.3) is 0 Å². The lowest BCUT2D eigenvalue weighted by Crippen LogP contribution is -2.43. The van der Waals surface area contributed by atoms with E-state index in [1.165, 1.54) is 6.26 Å². The quantitative estimate of drug-likeness (QED) is 0.584. The maximum Gasteiger partial charge on any atom is 0.191 e. The van der Waals surface area contributed by atoms with E-state index in [1.54, 1.807) is 7.05 Å². The van der Waals surface area contributed by atoms with E-state index in [9.17, 15) is 8.42 Å². The second kappa shape index (κ2) is 9.00. The molecule has 1 atom stereocenters. The van der Waals surface area contributed by atoms with E-state index >= 15 is 0 Å². The Morgan fingerprint density at radius 3 is 2.73 bits per heavy atom. The Morgan fingerprint density at radius 1 is 1.41 bits per heavy atom. The summed E-state index contributed by atoms with van der Waals surface area (Å²) >= 11 is 5.95. The first-order valence-electron chi connectivity index (χ1n) is 7.19. The van der Waals surface area contributed by atoms with Crippen molar-refractivity contribution in [2.75, 3.05) is 25.6 Å². The maximum absolute atomic E-state index is 11.2. The molecule has 124 valence electrons. The molecule has 22 heavy (non-hydrogen) atoms. The van der Waals surface area contributed by atoms with Gasteiger partial charge in [0, 0.05) is 30.9 Å². The number of sulfone groups is 1. The minimum Gasteiger partial charge on any atom is -0.356 e. The number of hydrogen-bond acceptors (Lipinski definition) is 3. The van der Waals surface area contributed by atoms with Crippen molar-refractivity contribution >= 4 is 27.4 Å². The molecule has 0 saturated heterocycles. The standard InChI is InChI=1S/C15H24ClN3O2S/c1-12(8-10-22(3,20)21)19-15(17-2)18-9-7-13-5-4-6-14(16)11-13/h4-6,11-12H,7-10H2,1-3H3,(H2,17,18,19). The molecule has 1 unspecified atom stereocenters. The van der Waals surface area contributed by atoms with Crippen molar-refractivity contribution in [3.05, 3.63) is 34.9 Å². The zero-order chi connectivity index (χ0) is 16.6. The summed E-state index contributed by atoms with van der Waals surface area (Å²) in [5.41, 5.74) is 1.15. The van der Waals surface area contributed by atoms with Crippen LogP contribution in [0.5, 0.6) is 0 Å². The molecule has 5 nitrogen and oxygen atoms in total. The number of rotatable bonds is 7. The summed E-state index contributed by atoms with van der Waals surface area (Å²) in [6.45, 7) is 2.66. The van der Waals surface area contributed by atoms with Gasteiger partial charge < -0.3 is 10.6 Å². The van der Waals surface area contributed by atoms with Gasteiger partial charge in [-0.05, 0) is 37.5 Å². The van der Waals surface area contributed by atoms with Crippen molar-refractivity contribution in [1.29, 1.82) is 0 Å². The average Bonchev–Trinajstić information content (AvgIpc) is 2.43. The highest BCUT2D eigenvalue weighted by atomic mass is 35.5. The van der Waals surface area contributed by atoms with Crippen molar-refractivity contribution < 1.29 is 8.42 Å². The number of aliphatic imine (C=N–C) groups is 1. The first-order chi connectivity index (χ1) is 10.3. The molecular weight excluding hydrogens is 322 g/mol. The van der Waals surface area contributed by atoms with Gasteiger partial charge in [-0.1, -0.05) is 23.7 Å². The van der Waals surface area contributed by atoms with E-state index in [0.717, 1.165) is 23.6 Å². The van der Waals surface area contributed by atoms with E-state index in [0.29, 0.717) is 12.4 Å². The minimum absolute atomic E-state index is 0.0343. The average molecular weight is 346 g/mol. The zero-order valence-electron chi connectivity index (χ0n) is 13.3. The monoisotopic (exact) mass is 345 g/mol. The smallest absolute Gasteiger partial charge is 0.191 e. The molecular formula is C15H24ClN3O2S. The number of halogens is 1. The van der Waals surface area contributed by atoms with Gasteiger partial charge in [-0.3, -0.25) is 4.99 Å². The van der Waals surface area contributed by atoms with Gasteiger partial charge in [0.25, 0.3) is 0 Å². The lowest BCUT2D eigenvalue weighted by atomic mass is 10.1. The second-order valence-electron chi connectivity index (χ2n) is 5.34. The van der Waals surface area contributed by atoms with Crippen LogP contribution in [0.3, 0.4) is 0 Å². The highest BCUT2D eigenvalue weighted by Crippen LogP contribution is 2.10. The molecule has 1 aromatic carbocycles. The molecule has 0 aliphatic carbocycles. The van der Waals surface area contributed by atoms with Crippen LogP contribution in [0.4, 0.5) is 0 Å². The molecule has 1 rings (SSSR count). The Morgan fingerprint density at radius 2 is 2.14 bits per heavy atom. The van der Waals surface area contributed by atoms with Gasteiger partial charge in [-0.25, -0.2) is 8.42 Å². The van der Waals surface area contributed by atoms with E-state index in [4.69, 9.17) is 11.6 Å². The molecule has 7 heteroatoms. The predicted molar refractivity (Wildman–Crippen MR) is 93.4 cm³/mol. The Bertz CT molecular complexity index is 603. The van der Waals surface area contributed by atoms with Crippen LogP contribution in [0.2, 0.25) is 5.02 Å². The Labute approximate surface area is 138 Å². The molecule has 0 aliphatic heterocycles. The summed E-state index contributed by atoms with van der Waals surface area (Å²) in [4.78, 5) is 4.14. The van der Waals surface area contributed by atoms with Gasteiger partial charge >= 0.3 is 0 Å². The first kappa shape index (κ1) is 18.8. The van der Waals surface area contributed by atoms with Crippen LogP contribution in [0, 0.1) is 0 Å². The lowest BCUT2D eigenvalue weighted by molar-refractivity contribution is 0.581. The summed E-state index contributed by atoms with van der Waals surface area (Å²) in [6, 6.07) is 7.78. The van der Waals surface area contributed by atoms with Crippen molar-refractivity contribution in [1.82, 2.24) is 10.6 Å².